The van der Waals surface area contributed by atoms with Gasteiger partial charge in [0.05, 0.1) is 30.2 Å². The van der Waals surface area contributed by atoms with Crippen molar-refractivity contribution in [2.75, 3.05) is 26.0 Å². The third-order valence-electron chi connectivity index (χ3n) is 8.27. The Kier molecular flexibility index (Phi) is 6.32. The molecule has 1 unspecified atom stereocenters. The Balaban J connectivity index is 1.29. The molecule has 2 atom stereocenters. The van der Waals surface area contributed by atoms with E-state index in [1.165, 1.54) is 30.6 Å². The molecule has 2 aromatic carbocycles. The van der Waals surface area contributed by atoms with Gasteiger partial charge in [0.1, 0.15) is 40.5 Å². The predicted octanol–water partition coefficient (Wildman–Crippen LogP) is 3.86. The molecule has 43 heavy (non-hydrogen) atoms. The number of ether oxygens (including phenoxy) is 2. The highest BCUT2D eigenvalue weighted by Gasteiger charge is 2.49. The number of pyridine rings is 1. The molecule has 1 aliphatic carbocycles. The number of carbonyl (C=O) groups is 1. The van der Waals surface area contributed by atoms with Crippen LogP contribution in [0.15, 0.2) is 54.9 Å². The lowest BCUT2D eigenvalue weighted by atomic mass is 9.87. The zero-order chi connectivity index (χ0) is 29.9. The molecule has 7 rings (SSSR count). The van der Waals surface area contributed by atoms with Crippen LogP contribution in [0, 0.1) is 11.7 Å². The molecule has 1 saturated carbocycles. The Morgan fingerprint density at radius 1 is 1.28 bits per heavy atom. The van der Waals surface area contributed by atoms with Gasteiger partial charge in [-0.25, -0.2) is 19.0 Å². The van der Waals surface area contributed by atoms with Gasteiger partial charge >= 0.3 is 0 Å². The van der Waals surface area contributed by atoms with E-state index in [1.807, 2.05) is 13.0 Å². The van der Waals surface area contributed by atoms with Crippen LogP contribution in [0.25, 0.3) is 21.5 Å². The van der Waals surface area contributed by atoms with E-state index < -0.39 is 11.1 Å². The summed E-state index contributed by atoms with van der Waals surface area (Å²) in [6, 6.07) is 11.1. The van der Waals surface area contributed by atoms with Gasteiger partial charge in [0.15, 0.2) is 10.9 Å². The first-order chi connectivity index (χ1) is 20.7. The highest BCUT2D eigenvalue weighted by molar-refractivity contribution is 7.22. The number of rotatable bonds is 8. The van der Waals surface area contributed by atoms with Crippen molar-refractivity contribution >= 4 is 32.6 Å². The van der Waals surface area contributed by atoms with Crippen molar-refractivity contribution in [1.29, 1.82) is 0 Å². The monoisotopic (exact) mass is 601 g/mol. The second-order valence-corrected chi connectivity index (χ2v) is 12.2. The van der Waals surface area contributed by atoms with Crippen LogP contribution in [-0.4, -0.2) is 56.2 Å². The van der Waals surface area contributed by atoms with Crippen molar-refractivity contribution < 1.29 is 23.8 Å². The fourth-order valence-electron chi connectivity index (χ4n) is 5.68. The van der Waals surface area contributed by atoms with Gasteiger partial charge in [0.25, 0.3) is 5.91 Å². The number of thiazole rings is 1. The smallest absolute Gasteiger partial charge is 0.251 e. The number of nitrogens with two attached hydrogens (primary N) is 1. The second-order valence-electron chi connectivity index (χ2n) is 11.1. The Hall–Kier alpha value is -4.62. The fourth-order valence-corrected chi connectivity index (χ4v) is 6.47. The number of aliphatic hydroxyl groups is 1. The molecule has 1 fully saturated rings. The van der Waals surface area contributed by atoms with Gasteiger partial charge in [-0.1, -0.05) is 16.6 Å². The van der Waals surface area contributed by atoms with Crippen LogP contribution in [0.1, 0.15) is 41.4 Å². The lowest BCUT2D eigenvalue weighted by Gasteiger charge is -2.30. The molecule has 2 aliphatic rings. The summed E-state index contributed by atoms with van der Waals surface area (Å²) in [7, 11) is 1.51. The first kappa shape index (κ1) is 27.2. The molecule has 1 amide bonds. The molecule has 0 spiro atoms. The Bertz CT molecular complexity index is 1860. The number of hydrogen-bond acceptors (Lipinski definition) is 10. The number of amides is 1. The van der Waals surface area contributed by atoms with Crippen LogP contribution in [0.3, 0.4) is 0 Å². The standard InChI is InChI=1S/C30H28FN7O4S/c1-29(38-10-9-34-37-38)15-42-26-20(29)13-23(35-24(26)16-3-7-19(31)8-4-16)30(40,18-5-6-18)14-33-27(39)17-11-21(41-2)25-22(12-17)43-28(32)36-25/h3-4,7-13,18,40H,5-6,14-15H2,1-2H3,(H2,32,36)(H,33,39)/t29-,30?/m0/s1. The highest BCUT2D eigenvalue weighted by Crippen LogP contribution is 2.50. The number of nitrogens with one attached hydrogen (secondary N) is 1. The Morgan fingerprint density at radius 2 is 2.07 bits per heavy atom. The van der Waals surface area contributed by atoms with E-state index in [2.05, 4.69) is 20.6 Å². The minimum Gasteiger partial charge on any atom is -0.494 e. The maximum Gasteiger partial charge on any atom is 0.251 e. The normalized spacial score (nSPS) is 19.1. The van der Waals surface area contributed by atoms with Crippen molar-refractivity contribution in [2.24, 2.45) is 5.92 Å². The number of nitrogen functional groups attached to an aromatic ring is 1. The van der Waals surface area contributed by atoms with E-state index in [0.717, 1.165) is 23.1 Å². The van der Waals surface area contributed by atoms with Crippen LogP contribution < -0.4 is 20.5 Å². The van der Waals surface area contributed by atoms with Crippen molar-refractivity contribution in [3.8, 4) is 22.8 Å². The molecule has 3 aromatic heterocycles. The molecule has 5 aromatic rings. The molecule has 0 saturated heterocycles. The van der Waals surface area contributed by atoms with E-state index >= 15 is 0 Å². The topological polar surface area (TPSA) is 150 Å². The quantitative estimate of drug-likeness (QED) is 0.241. The van der Waals surface area contributed by atoms with E-state index in [4.69, 9.17) is 20.2 Å². The number of hydrogen-bond donors (Lipinski definition) is 3. The number of nitrogens with zero attached hydrogens (tertiary/aromatic N) is 5. The lowest BCUT2D eigenvalue weighted by molar-refractivity contribution is 0.00945. The SMILES string of the molecule is COc1cc(C(=O)NCC(O)(c2cc3c(c(-c4ccc(F)cc4)n2)OC[C@]3(C)n2ccnn2)C2CC2)cc2sc(N)nc12. The summed E-state index contributed by atoms with van der Waals surface area (Å²) in [5.41, 5.74) is 6.84. The largest absolute Gasteiger partial charge is 0.494 e. The lowest BCUT2D eigenvalue weighted by Crippen LogP contribution is -2.43. The minimum absolute atomic E-state index is 0.0861. The number of anilines is 1. The molecule has 0 bridgehead atoms. The van der Waals surface area contributed by atoms with Gasteiger partial charge in [-0.05, 0) is 68.1 Å². The molecular formula is C30H28FN7O4S. The van der Waals surface area contributed by atoms with Crippen molar-refractivity contribution in [2.45, 2.75) is 30.9 Å². The molecule has 1 aliphatic heterocycles. The fraction of sp³-hybridized carbons (Fsp3) is 0.300. The van der Waals surface area contributed by atoms with Crippen molar-refractivity contribution in [3.05, 3.63) is 77.5 Å². The average Bonchev–Trinajstić information content (AvgIpc) is 3.41. The first-order valence-electron chi connectivity index (χ1n) is 13.8. The van der Waals surface area contributed by atoms with Crippen LogP contribution in [0.2, 0.25) is 0 Å². The predicted molar refractivity (Wildman–Crippen MR) is 157 cm³/mol. The zero-order valence-corrected chi connectivity index (χ0v) is 24.2. The van der Waals surface area contributed by atoms with Gasteiger partial charge in [-0.3, -0.25) is 4.79 Å². The maximum atomic E-state index is 13.9. The van der Waals surface area contributed by atoms with Crippen LogP contribution >= 0.6 is 11.3 Å². The summed E-state index contributed by atoms with van der Waals surface area (Å²) < 4.78 is 27.9. The van der Waals surface area contributed by atoms with Gasteiger partial charge in [-0.2, -0.15) is 0 Å². The number of aromatic nitrogens is 5. The molecule has 11 nitrogen and oxygen atoms in total. The molecule has 4 N–H and O–H groups in total. The molecule has 220 valence electrons. The van der Waals surface area contributed by atoms with Crippen molar-refractivity contribution in [3.63, 3.8) is 0 Å². The Labute approximate surface area is 249 Å². The second kappa shape index (κ2) is 9.99. The van der Waals surface area contributed by atoms with E-state index in [-0.39, 0.29) is 30.8 Å². The van der Waals surface area contributed by atoms with E-state index in [0.29, 0.717) is 44.7 Å². The van der Waals surface area contributed by atoms with Crippen LogP contribution in [0.5, 0.6) is 11.5 Å². The number of benzene rings is 2. The number of carbonyl (C=O) groups excluding carboxylic acids is 1. The molecule has 4 heterocycles. The van der Waals surface area contributed by atoms with Gasteiger partial charge in [0.2, 0.25) is 0 Å². The maximum absolute atomic E-state index is 13.9. The van der Waals surface area contributed by atoms with E-state index in [1.54, 1.807) is 41.3 Å². The molecule has 13 heteroatoms. The highest BCUT2D eigenvalue weighted by atomic mass is 32.1. The first-order valence-corrected chi connectivity index (χ1v) is 14.6. The summed E-state index contributed by atoms with van der Waals surface area (Å²) in [5, 5.41) is 23.8. The van der Waals surface area contributed by atoms with Crippen LogP contribution in [-0.2, 0) is 11.1 Å². The number of methoxy groups -OCH3 is 1. The third kappa shape index (κ3) is 4.55. The summed E-state index contributed by atoms with van der Waals surface area (Å²) in [5.74, 6) is 0.0713. The average molecular weight is 602 g/mol. The molecular weight excluding hydrogens is 573 g/mol. The number of halogens is 1. The minimum atomic E-state index is -1.49. The van der Waals surface area contributed by atoms with E-state index in [9.17, 15) is 14.3 Å². The van der Waals surface area contributed by atoms with Crippen LogP contribution in [0.4, 0.5) is 9.52 Å². The van der Waals surface area contributed by atoms with Crippen molar-refractivity contribution in [1.82, 2.24) is 30.3 Å². The summed E-state index contributed by atoms with van der Waals surface area (Å²) >= 11 is 1.26. The van der Waals surface area contributed by atoms with Gasteiger partial charge in [-0.15, -0.1) is 5.10 Å². The third-order valence-corrected chi connectivity index (χ3v) is 9.10. The molecule has 0 radical (unpaired) electrons. The zero-order valence-electron chi connectivity index (χ0n) is 23.4. The number of fused-ring (bicyclic) bond motifs is 2. The van der Waals surface area contributed by atoms with Gasteiger partial charge < -0.3 is 25.6 Å². The summed E-state index contributed by atoms with van der Waals surface area (Å²) in [6.45, 7) is 2.15. The van der Waals surface area contributed by atoms with Gasteiger partial charge in [0, 0.05) is 22.9 Å². The Morgan fingerprint density at radius 3 is 2.77 bits per heavy atom. The summed E-state index contributed by atoms with van der Waals surface area (Å²) in [4.78, 5) is 22.6. The summed E-state index contributed by atoms with van der Waals surface area (Å²) in [6.07, 6.45) is 4.89.